The topological polar surface area (TPSA) is 57.6 Å². The highest BCUT2D eigenvalue weighted by atomic mass is 16.4. The Morgan fingerprint density at radius 3 is 2.04 bits per heavy atom. The van der Waals surface area contributed by atoms with E-state index in [1.54, 1.807) is 0 Å². The van der Waals surface area contributed by atoms with Gasteiger partial charge in [0.2, 0.25) is 5.91 Å². The van der Waals surface area contributed by atoms with Crippen molar-refractivity contribution in [3.63, 3.8) is 0 Å². The lowest BCUT2D eigenvalue weighted by Crippen LogP contribution is -2.30. The number of allylic oxidation sites excluding steroid dienone is 1. The second-order valence-corrected chi connectivity index (χ2v) is 7.68. The fraction of sp³-hybridized carbons (Fsp3) is 0.789. The molecule has 0 unspecified atom stereocenters. The summed E-state index contributed by atoms with van der Waals surface area (Å²) in [6.45, 7) is 1.69. The molecule has 2 atom stereocenters. The number of amides is 1. The van der Waals surface area contributed by atoms with Crippen molar-refractivity contribution in [3.05, 3.63) is 11.6 Å². The third-order valence-electron chi connectivity index (χ3n) is 6.03. The summed E-state index contributed by atoms with van der Waals surface area (Å²) in [7, 11) is 0. The van der Waals surface area contributed by atoms with Crippen LogP contribution in [0.4, 0.5) is 0 Å². The van der Waals surface area contributed by atoms with Gasteiger partial charge in [0.15, 0.2) is 0 Å². The summed E-state index contributed by atoms with van der Waals surface area (Å²) in [5.41, 5.74) is 0.316. The molecule has 1 aliphatic heterocycles. The van der Waals surface area contributed by atoms with Crippen molar-refractivity contribution < 1.29 is 14.7 Å². The first-order valence-corrected chi connectivity index (χ1v) is 9.35. The monoisotopic (exact) mass is 319 g/mol. The summed E-state index contributed by atoms with van der Waals surface area (Å²) < 4.78 is 0. The molecule has 23 heavy (non-hydrogen) atoms. The lowest BCUT2D eigenvalue weighted by Gasteiger charge is -2.22. The molecule has 128 valence electrons. The van der Waals surface area contributed by atoms with Crippen LogP contribution in [0.2, 0.25) is 0 Å². The van der Waals surface area contributed by atoms with E-state index in [0.29, 0.717) is 23.3 Å². The summed E-state index contributed by atoms with van der Waals surface area (Å²) >= 11 is 0. The van der Waals surface area contributed by atoms with E-state index in [1.165, 1.54) is 44.9 Å². The maximum absolute atomic E-state index is 12.6. The molecule has 2 aliphatic carbocycles. The molecule has 4 nitrogen and oxygen atoms in total. The van der Waals surface area contributed by atoms with E-state index in [1.807, 2.05) is 11.0 Å². The predicted molar refractivity (Wildman–Crippen MR) is 88.9 cm³/mol. The van der Waals surface area contributed by atoms with Crippen LogP contribution in [0.1, 0.15) is 64.2 Å². The maximum Gasteiger partial charge on any atom is 0.331 e. The first kappa shape index (κ1) is 16.5. The molecule has 0 aromatic rings. The molecule has 0 aromatic heterocycles. The van der Waals surface area contributed by atoms with E-state index in [4.69, 9.17) is 0 Å². The number of carbonyl (C=O) groups is 2. The molecule has 3 fully saturated rings. The standard InChI is InChI=1S/C19H29NO3/c21-18(20-12-15-8-4-5-9-16(15)13-20)11-17(19(22)23)10-14-6-2-1-3-7-14/h10,14-16H,1-9,11-13H2,(H,22,23)/b17-10+/t15-,16+. The van der Waals surface area contributed by atoms with Crippen molar-refractivity contribution in [2.75, 3.05) is 13.1 Å². The number of carboxylic acids is 1. The van der Waals surface area contributed by atoms with Gasteiger partial charge in [0.1, 0.15) is 0 Å². The van der Waals surface area contributed by atoms with Crippen molar-refractivity contribution >= 4 is 11.9 Å². The minimum absolute atomic E-state index is 0.0175. The zero-order valence-electron chi connectivity index (χ0n) is 14.0. The number of carboxylic acid groups (broad SMARTS) is 1. The van der Waals surface area contributed by atoms with Crippen LogP contribution in [0.25, 0.3) is 0 Å². The van der Waals surface area contributed by atoms with Gasteiger partial charge in [0.05, 0.1) is 6.42 Å². The van der Waals surface area contributed by atoms with E-state index < -0.39 is 5.97 Å². The number of likely N-dealkylation sites (tertiary alicyclic amines) is 1. The normalized spacial score (nSPS) is 29.4. The highest BCUT2D eigenvalue weighted by molar-refractivity contribution is 5.94. The molecule has 2 saturated carbocycles. The van der Waals surface area contributed by atoms with Gasteiger partial charge < -0.3 is 10.0 Å². The molecule has 0 spiro atoms. The molecule has 1 amide bonds. The summed E-state index contributed by atoms with van der Waals surface area (Å²) in [5.74, 6) is 0.764. The Morgan fingerprint density at radius 2 is 1.48 bits per heavy atom. The third kappa shape index (κ3) is 4.15. The summed E-state index contributed by atoms with van der Waals surface area (Å²) in [5, 5.41) is 9.46. The number of nitrogens with zero attached hydrogens (tertiary/aromatic N) is 1. The Balaban J connectivity index is 1.60. The third-order valence-corrected chi connectivity index (χ3v) is 6.03. The van der Waals surface area contributed by atoms with Crippen molar-refractivity contribution in [2.24, 2.45) is 17.8 Å². The molecule has 3 aliphatic rings. The lowest BCUT2D eigenvalue weighted by atomic mass is 9.82. The Bertz CT molecular complexity index is 465. The van der Waals surface area contributed by atoms with Gasteiger partial charge in [-0.25, -0.2) is 4.79 Å². The predicted octanol–water partition coefficient (Wildman–Crippen LogP) is 3.62. The van der Waals surface area contributed by atoms with Gasteiger partial charge in [-0.05, 0) is 43.4 Å². The molecule has 3 rings (SSSR count). The molecular weight excluding hydrogens is 290 g/mol. The average molecular weight is 319 g/mol. The van der Waals surface area contributed by atoms with Crippen LogP contribution >= 0.6 is 0 Å². The number of hydrogen-bond acceptors (Lipinski definition) is 2. The smallest absolute Gasteiger partial charge is 0.331 e. The Hall–Kier alpha value is -1.32. The Kier molecular flexibility index (Phi) is 5.39. The number of aliphatic carboxylic acids is 1. The molecule has 4 heteroatoms. The van der Waals surface area contributed by atoms with Crippen LogP contribution in [-0.2, 0) is 9.59 Å². The van der Waals surface area contributed by atoms with Crippen molar-refractivity contribution in [1.29, 1.82) is 0 Å². The SMILES string of the molecule is O=C(O)/C(=C/C1CCCCC1)CC(=O)N1C[C@H]2CCCC[C@H]2C1. The first-order valence-electron chi connectivity index (χ1n) is 9.35. The van der Waals surface area contributed by atoms with E-state index in [0.717, 1.165) is 25.9 Å². The highest BCUT2D eigenvalue weighted by Crippen LogP contribution is 2.36. The largest absolute Gasteiger partial charge is 0.478 e. The number of rotatable bonds is 4. The van der Waals surface area contributed by atoms with Gasteiger partial charge >= 0.3 is 5.97 Å². The van der Waals surface area contributed by atoms with Crippen LogP contribution in [-0.4, -0.2) is 35.0 Å². The van der Waals surface area contributed by atoms with Gasteiger partial charge in [-0.3, -0.25) is 4.79 Å². The van der Waals surface area contributed by atoms with Crippen LogP contribution in [0.5, 0.6) is 0 Å². The minimum Gasteiger partial charge on any atom is -0.478 e. The van der Waals surface area contributed by atoms with Gasteiger partial charge in [-0.15, -0.1) is 0 Å². The maximum atomic E-state index is 12.6. The van der Waals surface area contributed by atoms with Crippen LogP contribution in [0.3, 0.4) is 0 Å². The van der Waals surface area contributed by atoms with Crippen LogP contribution in [0.15, 0.2) is 11.6 Å². The van der Waals surface area contributed by atoms with Crippen molar-refractivity contribution in [2.45, 2.75) is 64.2 Å². The Labute approximate surface area is 138 Å². The Morgan fingerprint density at radius 1 is 0.913 bits per heavy atom. The molecular formula is C19H29NO3. The number of fused-ring (bicyclic) bond motifs is 1. The first-order chi connectivity index (χ1) is 11.1. The fourth-order valence-corrected chi connectivity index (χ4v) is 4.68. The average Bonchev–Trinajstić information content (AvgIpc) is 2.99. The second-order valence-electron chi connectivity index (χ2n) is 7.68. The van der Waals surface area contributed by atoms with E-state index >= 15 is 0 Å². The van der Waals surface area contributed by atoms with E-state index in [9.17, 15) is 14.7 Å². The van der Waals surface area contributed by atoms with Gasteiger partial charge in [0.25, 0.3) is 0 Å². The summed E-state index contributed by atoms with van der Waals surface area (Å²) in [4.78, 5) is 26.0. The summed E-state index contributed by atoms with van der Waals surface area (Å²) in [6, 6.07) is 0. The van der Waals surface area contributed by atoms with Crippen molar-refractivity contribution in [1.82, 2.24) is 4.90 Å². The zero-order valence-corrected chi connectivity index (χ0v) is 14.0. The minimum atomic E-state index is -0.916. The summed E-state index contributed by atoms with van der Waals surface area (Å²) in [6.07, 6.45) is 12.7. The molecule has 1 N–H and O–H groups in total. The quantitative estimate of drug-likeness (QED) is 0.805. The molecule has 1 heterocycles. The van der Waals surface area contributed by atoms with E-state index in [2.05, 4.69) is 0 Å². The number of carbonyl (C=O) groups excluding carboxylic acids is 1. The van der Waals surface area contributed by atoms with Crippen LogP contribution in [0, 0.1) is 17.8 Å². The molecule has 0 bridgehead atoms. The molecule has 0 radical (unpaired) electrons. The van der Waals surface area contributed by atoms with Gasteiger partial charge in [0, 0.05) is 18.7 Å². The molecule has 1 saturated heterocycles. The zero-order chi connectivity index (χ0) is 16.2. The number of hydrogen-bond donors (Lipinski definition) is 1. The molecule has 0 aromatic carbocycles. The second kappa shape index (κ2) is 7.50. The highest BCUT2D eigenvalue weighted by Gasteiger charge is 2.36. The van der Waals surface area contributed by atoms with Crippen molar-refractivity contribution in [3.8, 4) is 0 Å². The lowest BCUT2D eigenvalue weighted by molar-refractivity contribution is -0.136. The van der Waals surface area contributed by atoms with Gasteiger partial charge in [-0.2, -0.15) is 0 Å². The van der Waals surface area contributed by atoms with Gasteiger partial charge in [-0.1, -0.05) is 38.2 Å². The van der Waals surface area contributed by atoms with E-state index in [-0.39, 0.29) is 12.3 Å². The fourth-order valence-electron chi connectivity index (χ4n) is 4.68. The van der Waals surface area contributed by atoms with Crippen LogP contribution < -0.4 is 0 Å².